The lowest BCUT2D eigenvalue weighted by molar-refractivity contribution is 0.430. The normalized spacial score (nSPS) is 33.8. The minimum atomic E-state index is 0.699. The molecular weight excluding hydrogens is 282 g/mol. The summed E-state index contributed by atoms with van der Waals surface area (Å²) in [6, 6.07) is 2.87. The molecule has 88 valence electrons. The SMILES string of the molecule is CNC(Cc1sccc1Br)C1C2CCCC21. The lowest BCUT2D eigenvalue weighted by Crippen LogP contribution is -2.31. The molecule has 1 nitrogen and oxygen atoms in total. The van der Waals surface area contributed by atoms with Gasteiger partial charge in [0.2, 0.25) is 0 Å². The third-order valence-corrected chi connectivity index (χ3v) is 6.35. The Morgan fingerprint density at radius 2 is 2.25 bits per heavy atom. The fourth-order valence-corrected chi connectivity index (χ4v) is 5.15. The Balaban J connectivity index is 1.66. The van der Waals surface area contributed by atoms with Gasteiger partial charge in [-0.3, -0.25) is 0 Å². The van der Waals surface area contributed by atoms with Crippen molar-refractivity contribution in [3.8, 4) is 0 Å². The Morgan fingerprint density at radius 3 is 2.81 bits per heavy atom. The summed E-state index contributed by atoms with van der Waals surface area (Å²) in [6.45, 7) is 0. The van der Waals surface area contributed by atoms with Crippen LogP contribution >= 0.6 is 27.3 Å². The largest absolute Gasteiger partial charge is 0.316 e. The van der Waals surface area contributed by atoms with Crippen molar-refractivity contribution in [2.45, 2.75) is 31.7 Å². The molecule has 3 unspecified atom stereocenters. The van der Waals surface area contributed by atoms with Crippen molar-refractivity contribution in [3.05, 3.63) is 20.8 Å². The molecule has 3 rings (SSSR count). The number of nitrogens with one attached hydrogen (secondary N) is 1. The van der Waals surface area contributed by atoms with E-state index in [1.54, 1.807) is 0 Å². The first-order valence-electron chi connectivity index (χ1n) is 6.20. The zero-order chi connectivity index (χ0) is 11.1. The minimum Gasteiger partial charge on any atom is -0.316 e. The summed E-state index contributed by atoms with van der Waals surface area (Å²) in [7, 11) is 2.13. The summed E-state index contributed by atoms with van der Waals surface area (Å²) in [5, 5.41) is 5.72. The maximum absolute atomic E-state index is 3.64. The molecule has 2 saturated carbocycles. The summed E-state index contributed by atoms with van der Waals surface area (Å²) < 4.78 is 1.29. The van der Waals surface area contributed by atoms with Crippen LogP contribution in [0, 0.1) is 17.8 Å². The first-order chi connectivity index (χ1) is 7.81. The standard InChI is InChI=1S/C13H18BrNS/c1-15-11(7-12-10(14)5-6-16-12)13-8-3-2-4-9(8)13/h5-6,8-9,11,13,15H,2-4,7H2,1H3. The number of likely N-dealkylation sites (N-methyl/N-ethyl adjacent to an activating group) is 1. The molecule has 16 heavy (non-hydrogen) atoms. The molecule has 0 radical (unpaired) electrons. The van der Waals surface area contributed by atoms with Crippen molar-refractivity contribution in [1.29, 1.82) is 0 Å². The van der Waals surface area contributed by atoms with Gasteiger partial charge in [-0.05, 0) is 71.4 Å². The Hall–Kier alpha value is 0.140. The smallest absolute Gasteiger partial charge is 0.0314 e. The van der Waals surface area contributed by atoms with E-state index in [4.69, 9.17) is 0 Å². The fourth-order valence-electron chi connectivity index (χ4n) is 3.57. The van der Waals surface area contributed by atoms with E-state index in [0.29, 0.717) is 6.04 Å². The van der Waals surface area contributed by atoms with E-state index in [0.717, 1.165) is 17.8 Å². The van der Waals surface area contributed by atoms with Gasteiger partial charge in [-0.2, -0.15) is 0 Å². The summed E-state index contributed by atoms with van der Waals surface area (Å²) >= 11 is 5.52. The first kappa shape index (κ1) is 11.2. The van der Waals surface area contributed by atoms with Crippen molar-refractivity contribution in [2.75, 3.05) is 7.05 Å². The topological polar surface area (TPSA) is 12.0 Å². The molecule has 0 bridgehead atoms. The molecule has 0 aromatic carbocycles. The summed E-state index contributed by atoms with van der Waals surface area (Å²) in [5.74, 6) is 3.07. The summed E-state index contributed by atoms with van der Waals surface area (Å²) in [6.07, 6.45) is 5.65. The van der Waals surface area contributed by atoms with Crippen LogP contribution < -0.4 is 5.32 Å². The molecule has 1 aromatic heterocycles. The molecule has 1 aromatic rings. The van der Waals surface area contributed by atoms with Gasteiger partial charge in [0.15, 0.2) is 0 Å². The van der Waals surface area contributed by atoms with Crippen LogP contribution in [0.4, 0.5) is 0 Å². The molecular formula is C13H18BrNS. The van der Waals surface area contributed by atoms with E-state index in [1.807, 2.05) is 11.3 Å². The number of halogens is 1. The molecule has 2 fully saturated rings. The Bertz CT molecular complexity index is 366. The average molecular weight is 300 g/mol. The van der Waals surface area contributed by atoms with Gasteiger partial charge >= 0.3 is 0 Å². The van der Waals surface area contributed by atoms with Crippen LogP contribution in [0.3, 0.4) is 0 Å². The fraction of sp³-hybridized carbons (Fsp3) is 0.692. The molecule has 0 amide bonds. The monoisotopic (exact) mass is 299 g/mol. The van der Waals surface area contributed by atoms with Crippen LogP contribution in [0.1, 0.15) is 24.1 Å². The van der Waals surface area contributed by atoms with E-state index >= 15 is 0 Å². The van der Waals surface area contributed by atoms with Gasteiger partial charge in [0.05, 0.1) is 0 Å². The molecule has 3 atom stereocenters. The van der Waals surface area contributed by atoms with E-state index < -0.39 is 0 Å². The molecule has 0 aliphatic heterocycles. The Morgan fingerprint density at radius 1 is 1.50 bits per heavy atom. The van der Waals surface area contributed by atoms with Crippen LogP contribution in [0.2, 0.25) is 0 Å². The molecule has 0 spiro atoms. The summed E-state index contributed by atoms with van der Waals surface area (Å²) in [5.41, 5.74) is 0. The molecule has 3 heteroatoms. The maximum Gasteiger partial charge on any atom is 0.0314 e. The van der Waals surface area contributed by atoms with Gasteiger partial charge < -0.3 is 5.32 Å². The van der Waals surface area contributed by atoms with Crippen LogP contribution in [0.15, 0.2) is 15.9 Å². The number of hydrogen-bond donors (Lipinski definition) is 1. The minimum absolute atomic E-state index is 0.699. The highest BCUT2D eigenvalue weighted by Gasteiger charge is 2.55. The van der Waals surface area contributed by atoms with Gasteiger partial charge in [0.1, 0.15) is 0 Å². The Labute approximate surface area is 110 Å². The number of thiophene rings is 1. The second-order valence-electron chi connectivity index (χ2n) is 5.13. The van der Waals surface area contributed by atoms with Gasteiger partial charge in [0, 0.05) is 15.4 Å². The molecule has 1 heterocycles. The zero-order valence-corrected chi connectivity index (χ0v) is 12.0. The van der Waals surface area contributed by atoms with Gasteiger partial charge in [-0.1, -0.05) is 6.42 Å². The van der Waals surface area contributed by atoms with Crippen LogP contribution in [0.5, 0.6) is 0 Å². The second kappa shape index (κ2) is 4.43. The number of rotatable bonds is 4. The number of hydrogen-bond acceptors (Lipinski definition) is 2. The van der Waals surface area contributed by atoms with Crippen LogP contribution in [0.25, 0.3) is 0 Å². The highest BCUT2D eigenvalue weighted by atomic mass is 79.9. The quantitative estimate of drug-likeness (QED) is 0.894. The van der Waals surface area contributed by atoms with Gasteiger partial charge in [0.25, 0.3) is 0 Å². The summed E-state index contributed by atoms with van der Waals surface area (Å²) in [4.78, 5) is 1.50. The highest BCUT2D eigenvalue weighted by molar-refractivity contribution is 9.10. The predicted molar refractivity (Wildman–Crippen MR) is 72.9 cm³/mol. The molecule has 1 N–H and O–H groups in total. The van der Waals surface area contributed by atoms with Crippen molar-refractivity contribution < 1.29 is 0 Å². The van der Waals surface area contributed by atoms with Gasteiger partial charge in [-0.15, -0.1) is 11.3 Å². The van der Waals surface area contributed by atoms with Crippen molar-refractivity contribution in [3.63, 3.8) is 0 Å². The van der Waals surface area contributed by atoms with Crippen LogP contribution in [-0.4, -0.2) is 13.1 Å². The third-order valence-electron chi connectivity index (χ3n) is 4.40. The van der Waals surface area contributed by atoms with Gasteiger partial charge in [-0.25, -0.2) is 0 Å². The van der Waals surface area contributed by atoms with E-state index in [2.05, 4.69) is 39.7 Å². The van der Waals surface area contributed by atoms with Crippen molar-refractivity contribution in [2.24, 2.45) is 17.8 Å². The van der Waals surface area contributed by atoms with E-state index in [1.165, 1.54) is 35.0 Å². The predicted octanol–water partition coefficient (Wildman–Crippen LogP) is 3.69. The Kier molecular flexibility index (Phi) is 3.11. The van der Waals surface area contributed by atoms with Crippen molar-refractivity contribution >= 4 is 27.3 Å². The molecule has 0 saturated heterocycles. The lowest BCUT2D eigenvalue weighted by atomic mass is 10.0. The van der Waals surface area contributed by atoms with E-state index in [9.17, 15) is 0 Å². The highest BCUT2D eigenvalue weighted by Crippen LogP contribution is 2.59. The van der Waals surface area contributed by atoms with E-state index in [-0.39, 0.29) is 0 Å². The maximum atomic E-state index is 3.64. The zero-order valence-electron chi connectivity index (χ0n) is 9.58. The second-order valence-corrected chi connectivity index (χ2v) is 6.98. The lowest BCUT2D eigenvalue weighted by Gasteiger charge is -2.17. The van der Waals surface area contributed by atoms with Crippen molar-refractivity contribution in [1.82, 2.24) is 5.32 Å². The first-order valence-corrected chi connectivity index (χ1v) is 7.87. The van der Waals surface area contributed by atoms with Crippen LogP contribution in [-0.2, 0) is 6.42 Å². The average Bonchev–Trinajstić information content (AvgIpc) is 2.69. The molecule has 2 aliphatic carbocycles. The number of fused-ring (bicyclic) bond motifs is 1. The molecule has 2 aliphatic rings. The third kappa shape index (κ3) is 1.87.